The number of hydrogen-bond donors (Lipinski definition) is 5. The summed E-state index contributed by atoms with van der Waals surface area (Å²) >= 11 is 0. The van der Waals surface area contributed by atoms with Gasteiger partial charge in [0.2, 0.25) is 5.91 Å². The van der Waals surface area contributed by atoms with Gasteiger partial charge in [0.1, 0.15) is 24.3 Å². The van der Waals surface area contributed by atoms with Crippen LogP contribution in [-0.4, -0.2) is 63.6 Å². The second kappa shape index (κ2) is 4.86. The van der Waals surface area contributed by atoms with E-state index in [4.69, 9.17) is 11.2 Å². The predicted octanol–water partition coefficient (Wildman–Crippen LogP) is -3.08. The lowest BCUT2D eigenvalue weighted by atomic mass is 9.97. The van der Waals surface area contributed by atoms with Crippen molar-refractivity contribution in [1.29, 1.82) is 0 Å². The zero-order chi connectivity index (χ0) is 12.5. The Morgan fingerprint density at radius 2 is 2.07 bits per heavy atom. The van der Waals surface area contributed by atoms with Gasteiger partial charge in [-0.15, -0.1) is 0 Å². The second-order valence-corrected chi connectivity index (χ2v) is 3.28. The molecular formula is C8H15NO6. The Bertz CT molecular complexity index is 277. The van der Waals surface area contributed by atoms with Crippen molar-refractivity contribution in [2.24, 2.45) is 0 Å². The summed E-state index contributed by atoms with van der Waals surface area (Å²) < 4.78 is 12.4. The molecule has 7 nitrogen and oxygen atoms in total. The molecule has 88 valence electrons. The molecular weight excluding hydrogens is 206 g/mol. The number of carbonyl (C=O) groups is 1. The van der Waals surface area contributed by atoms with Gasteiger partial charge in [0, 0.05) is 6.92 Å². The fourth-order valence-electron chi connectivity index (χ4n) is 1.34. The molecule has 1 saturated heterocycles. The van der Waals surface area contributed by atoms with Crippen LogP contribution < -0.4 is 5.32 Å². The van der Waals surface area contributed by atoms with Crippen LogP contribution in [-0.2, 0) is 9.53 Å². The summed E-state index contributed by atoms with van der Waals surface area (Å²) in [6.45, 7) is 0.478. The third kappa shape index (κ3) is 2.64. The standard InChI is InChI=1S/C8H15NO6/c1-3(11)9-5-7(13)6(12)4(2-10)15-8(5)14/h4-8,10,12-14H,2H2,1H3,(H,9,11)/t4-,5-,6-,7-,8-/m1/s1/i5T. The molecule has 1 heterocycles. The highest BCUT2D eigenvalue weighted by atomic mass is 16.6. The minimum atomic E-state index is -2.25. The van der Waals surface area contributed by atoms with Crippen molar-refractivity contribution in [2.45, 2.75) is 37.5 Å². The molecule has 1 aliphatic rings. The van der Waals surface area contributed by atoms with Crippen LogP contribution in [0.15, 0.2) is 0 Å². The lowest BCUT2D eigenvalue weighted by Gasteiger charge is -2.40. The second-order valence-electron chi connectivity index (χ2n) is 3.28. The molecule has 15 heavy (non-hydrogen) atoms. The van der Waals surface area contributed by atoms with Gasteiger partial charge in [-0.2, -0.15) is 0 Å². The molecule has 5 N–H and O–H groups in total. The van der Waals surface area contributed by atoms with Gasteiger partial charge in [-0.05, 0) is 0 Å². The fourth-order valence-corrected chi connectivity index (χ4v) is 1.34. The van der Waals surface area contributed by atoms with Crippen LogP contribution >= 0.6 is 0 Å². The van der Waals surface area contributed by atoms with Gasteiger partial charge in [-0.3, -0.25) is 4.79 Å². The van der Waals surface area contributed by atoms with Crippen molar-refractivity contribution in [3.05, 3.63) is 0 Å². The summed E-state index contributed by atoms with van der Waals surface area (Å²) in [5.74, 6) is -0.661. The van der Waals surface area contributed by atoms with E-state index in [0.29, 0.717) is 0 Å². The highest BCUT2D eigenvalue weighted by molar-refractivity contribution is 5.73. The topological polar surface area (TPSA) is 119 Å². The lowest BCUT2D eigenvalue weighted by molar-refractivity contribution is -0.253. The van der Waals surface area contributed by atoms with Gasteiger partial charge in [-0.25, -0.2) is 0 Å². The Balaban J connectivity index is 2.90. The van der Waals surface area contributed by atoms with E-state index in [2.05, 4.69) is 0 Å². The van der Waals surface area contributed by atoms with E-state index in [1.54, 1.807) is 0 Å². The Morgan fingerprint density at radius 1 is 1.47 bits per heavy atom. The zero-order valence-corrected chi connectivity index (χ0v) is 8.12. The average molecular weight is 223 g/mol. The van der Waals surface area contributed by atoms with E-state index in [0.717, 1.165) is 6.92 Å². The number of aliphatic hydroxyl groups is 4. The quantitative estimate of drug-likeness (QED) is 0.339. The van der Waals surface area contributed by atoms with Gasteiger partial charge in [0.15, 0.2) is 6.29 Å². The number of ether oxygens (including phenoxy) is 1. The molecule has 7 heteroatoms. The van der Waals surface area contributed by atoms with Crippen molar-refractivity contribution >= 4 is 5.91 Å². The molecule has 0 aromatic heterocycles. The summed E-state index contributed by atoms with van der Waals surface area (Å²) in [6, 6.07) is -2.25. The fraction of sp³-hybridized carbons (Fsp3) is 0.875. The first kappa shape index (κ1) is 10.8. The van der Waals surface area contributed by atoms with Crippen LogP contribution in [0.4, 0.5) is 0 Å². The third-order valence-corrected chi connectivity index (χ3v) is 2.09. The largest absolute Gasteiger partial charge is 0.394 e. The van der Waals surface area contributed by atoms with Crippen LogP contribution in [0.3, 0.4) is 0 Å². The van der Waals surface area contributed by atoms with E-state index >= 15 is 0 Å². The summed E-state index contributed by atoms with van der Waals surface area (Å²) in [7, 11) is 0. The van der Waals surface area contributed by atoms with Crippen LogP contribution in [0.5, 0.6) is 0 Å². The van der Waals surface area contributed by atoms with E-state index in [1.165, 1.54) is 0 Å². The SMILES string of the molecule is [3H][C@]1(NC(C)=O)[C@H](O)O[C@H](CO)[C@@H](O)[C@@H]1O. The summed E-state index contributed by atoms with van der Waals surface area (Å²) in [5.41, 5.74) is 0. The first-order valence-corrected chi connectivity index (χ1v) is 4.42. The van der Waals surface area contributed by atoms with Gasteiger partial charge >= 0.3 is 0 Å². The molecule has 0 bridgehead atoms. The molecule has 0 saturated carbocycles. The minimum Gasteiger partial charge on any atom is -0.394 e. The molecule has 1 fully saturated rings. The van der Waals surface area contributed by atoms with E-state index < -0.39 is 43.1 Å². The highest BCUT2D eigenvalue weighted by Crippen LogP contribution is 2.19. The highest BCUT2D eigenvalue weighted by Gasteiger charge is 2.43. The van der Waals surface area contributed by atoms with E-state index in [9.17, 15) is 20.1 Å². The smallest absolute Gasteiger partial charge is 0.217 e. The molecule has 0 aromatic rings. The molecule has 1 aliphatic heterocycles. The van der Waals surface area contributed by atoms with Gasteiger partial charge in [-0.1, -0.05) is 0 Å². The van der Waals surface area contributed by atoms with Crippen LogP contribution in [0.1, 0.15) is 8.29 Å². The Hall–Kier alpha value is -0.730. The van der Waals surface area contributed by atoms with Crippen LogP contribution in [0.25, 0.3) is 0 Å². The Kier molecular flexibility index (Phi) is 3.49. The first-order chi connectivity index (χ1) is 7.32. The number of hydrogen-bond acceptors (Lipinski definition) is 6. The molecule has 1 amide bonds. The Morgan fingerprint density at radius 3 is 2.53 bits per heavy atom. The van der Waals surface area contributed by atoms with E-state index in [1.807, 2.05) is 5.32 Å². The molecule has 0 aliphatic carbocycles. The summed E-state index contributed by atoms with van der Waals surface area (Å²) in [6.07, 6.45) is -6.38. The zero-order valence-electron chi connectivity index (χ0n) is 9.12. The van der Waals surface area contributed by atoms with E-state index in [-0.39, 0.29) is 0 Å². The maximum atomic E-state index is 10.8. The van der Waals surface area contributed by atoms with Crippen molar-refractivity contribution in [1.82, 2.24) is 5.32 Å². The Labute approximate surface area is 87.7 Å². The van der Waals surface area contributed by atoms with Crippen molar-refractivity contribution < 1.29 is 31.3 Å². The summed E-state index contributed by atoms with van der Waals surface area (Å²) in [5, 5.41) is 39.3. The molecule has 5 atom stereocenters. The molecule has 0 spiro atoms. The monoisotopic (exact) mass is 223 g/mol. The molecule has 0 radical (unpaired) electrons. The minimum absolute atomic E-state index is 0.620. The van der Waals surface area contributed by atoms with Gasteiger partial charge < -0.3 is 30.5 Å². The number of amides is 1. The number of rotatable bonds is 2. The predicted molar refractivity (Wildman–Crippen MR) is 47.6 cm³/mol. The normalized spacial score (nSPS) is 47.1. The lowest BCUT2D eigenvalue weighted by Crippen LogP contribution is -2.63. The molecule has 1 rings (SSSR count). The molecule has 0 unspecified atom stereocenters. The number of nitrogens with one attached hydrogen (secondary N) is 1. The van der Waals surface area contributed by atoms with Crippen molar-refractivity contribution in [3.63, 3.8) is 0 Å². The number of carbonyl (C=O) groups excluding carboxylic acids is 1. The maximum absolute atomic E-state index is 10.8. The van der Waals surface area contributed by atoms with Crippen LogP contribution in [0.2, 0.25) is 0 Å². The van der Waals surface area contributed by atoms with Crippen molar-refractivity contribution in [2.75, 3.05) is 6.61 Å². The first-order valence-electron chi connectivity index (χ1n) is 4.92. The maximum Gasteiger partial charge on any atom is 0.217 e. The van der Waals surface area contributed by atoms with Gasteiger partial charge in [0.25, 0.3) is 0 Å². The molecule has 0 aromatic carbocycles. The third-order valence-electron chi connectivity index (χ3n) is 2.09. The van der Waals surface area contributed by atoms with Gasteiger partial charge in [0.05, 0.1) is 7.98 Å². The average Bonchev–Trinajstić information content (AvgIpc) is 2.20. The van der Waals surface area contributed by atoms with Crippen molar-refractivity contribution in [3.8, 4) is 0 Å². The van der Waals surface area contributed by atoms with Crippen LogP contribution in [0, 0.1) is 0 Å². The summed E-state index contributed by atoms with van der Waals surface area (Å²) in [4.78, 5) is 10.8. The number of aliphatic hydroxyl groups excluding tert-OH is 4.